The zero-order chi connectivity index (χ0) is 7.11. The maximum absolute atomic E-state index is 4.27. The summed E-state index contributed by atoms with van der Waals surface area (Å²) in [5, 5.41) is 5.74. The first-order chi connectivity index (χ1) is 4.27. The molecule has 0 fully saturated rings. The van der Waals surface area contributed by atoms with Gasteiger partial charge < -0.3 is 0 Å². The second-order valence-electron chi connectivity index (χ2n) is 2.42. The Morgan fingerprint density at radius 3 is 2.44 bits per heavy atom. The van der Waals surface area contributed by atoms with Crippen molar-refractivity contribution in [1.82, 2.24) is 5.32 Å². The SMILES string of the molecule is CC[N]CCC[As](C)C. The average molecular weight is 190 g/mol. The van der Waals surface area contributed by atoms with E-state index in [2.05, 4.69) is 23.7 Å². The van der Waals surface area contributed by atoms with Crippen molar-refractivity contribution in [2.75, 3.05) is 13.1 Å². The van der Waals surface area contributed by atoms with E-state index in [0.29, 0.717) is 0 Å². The molecule has 0 aliphatic carbocycles. The van der Waals surface area contributed by atoms with Gasteiger partial charge in [0.05, 0.1) is 0 Å². The van der Waals surface area contributed by atoms with Crippen molar-refractivity contribution < 1.29 is 0 Å². The summed E-state index contributed by atoms with van der Waals surface area (Å²) in [6.45, 7) is 4.21. The summed E-state index contributed by atoms with van der Waals surface area (Å²) in [4.78, 5) is 0. The third-order valence-corrected chi connectivity index (χ3v) is 3.69. The third-order valence-electron chi connectivity index (χ3n) is 1.15. The summed E-state index contributed by atoms with van der Waals surface area (Å²) in [6.07, 6.45) is 1.33. The van der Waals surface area contributed by atoms with Crippen LogP contribution in [0, 0.1) is 0 Å². The zero-order valence-electron chi connectivity index (χ0n) is 6.72. The summed E-state index contributed by atoms with van der Waals surface area (Å²) in [5.74, 6) is 0. The van der Waals surface area contributed by atoms with Crippen LogP contribution < -0.4 is 5.32 Å². The van der Waals surface area contributed by atoms with E-state index in [1.165, 1.54) is 11.6 Å². The van der Waals surface area contributed by atoms with E-state index in [0.717, 1.165) is 13.1 Å². The number of nitrogens with zero attached hydrogens (tertiary/aromatic N) is 1. The predicted molar refractivity (Wildman–Crippen MR) is 44.4 cm³/mol. The zero-order valence-corrected chi connectivity index (χ0v) is 8.60. The van der Waals surface area contributed by atoms with E-state index >= 15 is 0 Å². The van der Waals surface area contributed by atoms with Gasteiger partial charge in [0.2, 0.25) is 0 Å². The summed E-state index contributed by atoms with van der Waals surface area (Å²) >= 11 is -0.329. The van der Waals surface area contributed by atoms with Crippen LogP contribution >= 0.6 is 0 Å². The van der Waals surface area contributed by atoms with Gasteiger partial charge in [0, 0.05) is 0 Å². The standard InChI is InChI=1S/C7H17AsN/c1-4-9-7-5-6-8(2)3/h4-7H2,1-3H3. The Balaban J connectivity index is 2.75. The molecule has 0 spiro atoms. The Kier molecular flexibility index (Phi) is 7.02. The molecule has 0 N–H and O–H groups in total. The van der Waals surface area contributed by atoms with E-state index in [-0.39, 0.29) is 14.7 Å². The Hall–Kier alpha value is 0.518. The Bertz CT molecular complexity index is 54.9. The van der Waals surface area contributed by atoms with Gasteiger partial charge in [0.25, 0.3) is 0 Å². The van der Waals surface area contributed by atoms with Gasteiger partial charge in [0.1, 0.15) is 0 Å². The molecule has 0 aliphatic rings. The van der Waals surface area contributed by atoms with Crippen LogP contribution in [0.4, 0.5) is 0 Å². The fourth-order valence-electron chi connectivity index (χ4n) is 0.657. The molecule has 0 saturated carbocycles. The summed E-state index contributed by atoms with van der Waals surface area (Å²) in [6, 6.07) is 0. The second kappa shape index (κ2) is 6.64. The van der Waals surface area contributed by atoms with Crippen LogP contribution in [0.5, 0.6) is 0 Å². The molecule has 2 heteroatoms. The van der Waals surface area contributed by atoms with Crippen molar-refractivity contribution in [1.29, 1.82) is 0 Å². The predicted octanol–water partition coefficient (Wildman–Crippen LogP) is 1.76. The van der Waals surface area contributed by atoms with Crippen LogP contribution in [0.2, 0.25) is 16.6 Å². The minimum atomic E-state index is -0.329. The van der Waals surface area contributed by atoms with Gasteiger partial charge >= 0.3 is 63.0 Å². The molecule has 1 nitrogen and oxygen atoms in total. The quantitative estimate of drug-likeness (QED) is 0.463. The molecule has 0 aromatic carbocycles. The summed E-state index contributed by atoms with van der Waals surface area (Å²) in [5.41, 5.74) is 4.80. The van der Waals surface area contributed by atoms with E-state index in [1.807, 2.05) is 0 Å². The van der Waals surface area contributed by atoms with Gasteiger partial charge in [-0.3, -0.25) is 0 Å². The second-order valence-corrected chi connectivity index (χ2v) is 7.89. The van der Waals surface area contributed by atoms with Crippen LogP contribution in [-0.2, 0) is 0 Å². The van der Waals surface area contributed by atoms with Gasteiger partial charge in [-0.2, -0.15) is 0 Å². The Morgan fingerprint density at radius 2 is 2.00 bits per heavy atom. The number of hydrogen-bond donors (Lipinski definition) is 0. The van der Waals surface area contributed by atoms with E-state index in [9.17, 15) is 0 Å². The number of rotatable bonds is 5. The van der Waals surface area contributed by atoms with Crippen LogP contribution in [0.25, 0.3) is 0 Å². The first-order valence-electron chi connectivity index (χ1n) is 3.55. The van der Waals surface area contributed by atoms with Crippen molar-refractivity contribution in [3.8, 4) is 0 Å². The van der Waals surface area contributed by atoms with E-state index in [4.69, 9.17) is 0 Å². The molecule has 0 aromatic rings. The van der Waals surface area contributed by atoms with Gasteiger partial charge in [0.15, 0.2) is 0 Å². The van der Waals surface area contributed by atoms with Crippen LogP contribution in [0.3, 0.4) is 0 Å². The molecule has 0 aliphatic heterocycles. The third kappa shape index (κ3) is 8.52. The van der Waals surface area contributed by atoms with Crippen LogP contribution in [0.1, 0.15) is 13.3 Å². The first kappa shape index (κ1) is 9.52. The van der Waals surface area contributed by atoms with Gasteiger partial charge in [-0.05, 0) is 0 Å². The molecule has 0 unspecified atom stereocenters. The summed E-state index contributed by atoms with van der Waals surface area (Å²) in [7, 11) is 0. The Labute approximate surface area is 63.5 Å². The van der Waals surface area contributed by atoms with Crippen molar-refractivity contribution in [2.45, 2.75) is 30.0 Å². The first-order valence-corrected chi connectivity index (χ1v) is 8.63. The molecule has 0 aromatic heterocycles. The van der Waals surface area contributed by atoms with Crippen molar-refractivity contribution in [3.05, 3.63) is 0 Å². The van der Waals surface area contributed by atoms with E-state index in [1.54, 1.807) is 0 Å². The van der Waals surface area contributed by atoms with Gasteiger partial charge in [-0.25, -0.2) is 0 Å². The minimum absolute atomic E-state index is 0.329. The molecule has 0 rings (SSSR count). The molecule has 55 valence electrons. The van der Waals surface area contributed by atoms with Gasteiger partial charge in [-0.15, -0.1) is 0 Å². The normalized spacial score (nSPS) is 10.7. The van der Waals surface area contributed by atoms with Crippen molar-refractivity contribution in [3.63, 3.8) is 0 Å². The van der Waals surface area contributed by atoms with Crippen LogP contribution in [0.15, 0.2) is 0 Å². The number of hydrogen-bond acceptors (Lipinski definition) is 0. The molecule has 9 heavy (non-hydrogen) atoms. The molecule has 0 heterocycles. The fraction of sp³-hybridized carbons (Fsp3) is 1.00. The molecule has 0 saturated heterocycles. The maximum atomic E-state index is 4.27. The molecular weight excluding hydrogens is 173 g/mol. The monoisotopic (exact) mass is 190 g/mol. The molecule has 0 bridgehead atoms. The molecule has 0 amide bonds. The molecule has 0 atom stereocenters. The van der Waals surface area contributed by atoms with Crippen molar-refractivity contribution >= 4 is 14.7 Å². The average Bonchev–Trinajstić information content (AvgIpc) is 1.80. The van der Waals surface area contributed by atoms with Crippen molar-refractivity contribution in [2.24, 2.45) is 0 Å². The topological polar surface area (TPSA) is 14.1 Å². The van der Waals surface area contributed by atoms with Gasteiger partial charge in [-0.1, -0.05) is 0 Å². The molecule has 1 radical (unpaired) electrons. The summed E-state index contributed by atoms with van der Waals surface area (Å²) < 4.78 is 0. The van der Waals surface area contributed by atoms with Crippen LogP contribution in [-0.4, -0.2) is 27.7 Å². The van der Waals surface area contributed by atoms with E-state index < -0.39 is 0 Å². The Morgan fingerprint density at radius 1 is 1.33 bits per heavy atom. The fourth-order valence-corrected chi connectivity index (χ4v) is 2.28. The molecular formula is C7H17AsN.